The summed E-state index contributed by atoms with van der Waals surface area (Å²) in [5, 5.41) is 12.1. The van der Waals surface area contributed by atoms with Crippen LogP contribution in [0.4, 0.5) is 5.69 Å². The molecule has 0 fully saturated rings. The fraction of sp³-hybridized carbons (Fsp3) is 0.0714. The van der Waals surface area contributed by atoms with Gasteiger partial charge in [-0.25, -0.2) is 0 Å². The second-order valence-corrected chi connectivity index (χ2v) is 8.91. The Morgan fingerprint density at radius 3 is 2.19 bits per heavy atom. The predicted octanol–water partition coefficient (Wildman–Crippen LogP) is 5.81. The second kappa shape index (κ2) is 10.9. The molecule has 1 atom stereocenters. The summed E-state index contributed by atoms with van der Waals surface area (Å²) in [5.41, 5.74) is 3.32. The van der Waals surface area contributed by atoms with Crippen LogP contribution in [0.3, 0.4) is 0 Å². The zero-order chi connectivity index (χ0) is 24.7. The molecule has 5 rings (SSSR count). The second-order valence-electron chi connectivity index (χ2n) is 7.84. The third kappa shape index (κ3) is 5.13. The maximum atomic E-state index is 13.5. The number of ether oxygens (including phenoxy) is 1. The first kappa shape index (κ1) is 23.3. The fourth-order valence-electron chi connectivity index (χ4n) is 3.73. The van der Waals surface area contributed by atoms with Crippen molar-refractivity contribution in [1.82, 2.24) is 19.7 Å². The van der Waals surface area contributed by atoms with Crippen LogP contribution < -0.4 is 10.1 Å². The zero-order valence-electron chi connectivity index (χ0n) is 19.5. The van der Waals surface area contributed by atoms with E-state index in [4.69, 9.17) is 4.74 Å². The number of aromatic nitrogens is 4. The molecule has 0 saturated carbocycles. The highest BCUT2D eigenvalue weighted by molar-refractivity contribution is 8.00. The average Bonchev–Trinajstić information content (AvgIpc) is 3.37. The summed E-state index contributed by atoms with van der Waals surface area (Å²) < 4.78 is 7.28. The number of amides is 1. The molecule has 36 heavy (non-hydrogen) atoms. The van der Waals surface area contributed by atoms with E-state index >= 15 is 0 Å². The van der Waals surface area contributed by atoms with E-state index in [1.165, 1.54) is 11.8 Å². The molecule has 178 valence electrons. The number of nitrogens with zero attached hydrogens (tertiary/aromatic N) is 4. The number of benzene rings is 3. The number of anilines is 1. The highest BCUT2D eigenvalue weighted by Crippen LogP contribution is 2.38. The number of carbonyl (C=O) groups is 1. The van der Waals surface area contributed by atoms with Crippen LogP contribution in [0.2, 0.25) is 0 Å². The number of hydrogen-bond donors (Lipinski definition) is 1. The van der Waals surface area contributed by atoms with Crippen molar-refractivity contribution in [3.8, 4) is 22.8 Å². The van der Waals surface area contributed by atoms with Crippen LogP contribution in [-0.2, 0) is 4.79 Å². The summed E-state index contributed by atoms with van der Waals surface area (Å²) in [6.07, 6.45) is 3.44. The van der Waals surface area contributed by atoms with Crippen LogP contribution in [0.15, 0.2) is 115 Å². The van der Waals surface area contributed by atoms with Crippen molar-refractivity contribution in [2.75, 3.05) is 12.4 Å². The van der Waals surface area contributed by atoms with E-state index in [9.17, 15) is 4.79 Å². The maximum absolute atomic E-state index is 13.5. The molecule has 0 saturated heterocycles. The Labute approximate surface area is 213 Å². The minimum absolute atomic E-state index is 0.146. The molecule has 1 amide bonds. The number of methoxy groups -OCH3 is 1. The van der Waals surface area contributed by atoms with Crippen molar-refractivity contribution < 1.29 is 9.53 Å². The molecule has 2 aromatic heterocycles. The number of hydrogen-bond acceptors (Lipinski definition) is 6. The normalized spacial score (nSPS) is 11.6. The van der Waals surface area contributed by atoms with Crippen LogP contribution in [0.25, 0.3) is 17.1 Å². The number of pyridine rings is 1. The lowest BCUT2D eigenvalue weighted by Gasteiger charge is -2.18. The molecule has 3 aromatic carbocycles. The molecular weight excluding hydrogens is 470 g/mol. The van der Waals surface area contributed by atoms with Gasteiger partial charge >= 0.3 is 0 Å². The molecule has 0 spiro atoms. The Morgan fingerprint density at radius 1 is 0.861 bits per heavy atom. The number of thioether (sulfide) groups is 1. The highest BCUT2D eigenvalue weighted by atomic mass is 32.2. The van der Waals surface area contributed by atoms with Crippen molar-refractivity contribution in [3.05, 3.63) is 115 Å². The largest absolute Gasteiger partial charge is 0.497 e. The fourth-order valence-corrected chi connectivity index (χ4v) is 4.79. The molecule has 0 aliphatic carbocycles. The molecular formula is C28H23N5O2S. The van der Waals surface area contributed by atoms with Gasteiger partial charge < -0.3 is 10.1 Å². The SMILES string of the molecule is COc1ccc(-n2c(SC(C(=O)Nc3ccccc3)c3ccccc3)nnc2-c2ccncc2)cc1. The molecule has 0 radical (unpaired) electrons. The Hall–Kier alpha value is -4.43. The average molecular weight is 494 g/mol. The van der Waals surface area contributed by atoms with E-state index in [0.29, 0.717) is 11.0 Å². The monoisotopic (exact) mass is 493 g/mol. The molecule has 0 aliphatic rings. The smallest absolute Gasteiger partial charge is 0.242 e. The summed E-state index contributed by atoms with van der Waals surface area (Å²) in [6, 6.07) is 30.5. The summed E-state index contributed by atoms with van der Waals surface area (Å²) in [6.45, 7) is 0. The first-order chi connectivity index (χ1) is 17.7. The number of nitrogens with one attached hydrogen (secondary N) is 1. The van der Waals surface area contributed by atoms with E-state index in [-0.39, 0.29) is 5.91 Å². The van der Waals surface area contributed by atoms with Gasteiger partial charge in [0.25, 0.3) is 0 Å². The quantitative estimate of drug-likeness (QED) is 0.275. The van der Waals surface area contributed by atoms with Crippen LogP contribution in [0.5, 0.6) is 5.75 Å². The molecule has 8 heteroatoms. The van der Waals surface area contributed by atoms with Gasteiger partial charge in [-0.05, 0) is 54.1 Å². The molecule has 1 N–H and O–H groups in total. The van der Waals surface area contributed by atoms with Gasteiger partial charge in [0, 0.05) is 29.3 Å². The van der Waals surface area contributed by atoms with Crippen molar-refractivity contribution in [3.63, 3.8) is 0 Å². The summed E-state index contributed by atoms with van der Waals surface area (Å²) in [4.78, 5) is 17.6. The number of carbonyl (C=O) groups excluding carboxylic acids is 1. The minimum Gasteiger partial charge on any atom is -0.497 e. The van der Waals surface area contributed by atoms with Gasteiger partial charge in [0.05, 0.1) is 7.11 Å². The molecule has 5 aromatic rings. The van der Waals surface area contributed by atoms with Crippen molar-refractivity contribution >= 4 is 23.4 Å². The van der Waals surface area contributed by atoms with E-state index < -0.39 is 5.25 Å². The van der Waals surface area contributed by atoms with E-state index in [1.54, 1.807) is 19.5 Å². The summed E-state index contributed by atoms with van der Waals surface area (Å²) in [7, 11) is 1.63. The third-order valence-corrected chi connectivity index (χ3v) is 6.70. The van der Waals surface area contributed by atoms with Crippen molar-refractivity contribution in [2.24, 2.45) is 0 Å². The lowest BCUT2D eigenvalue weighted by Crippen LogP contribution is -2.19. The lowest BCUT2D eigenvalue weighted by atomic mass is 10.1. The predicted molar refractivity (Wildman–Crippen MR) is 141 cm³/mol. The van der Waals surface area contributed by atoms with Crippen molar-refractivity contribution in [2.45, 2.75) is 10.4 Å². The van der Waals surface area contributed by atoms with Crippen LogP contribution in [0, 0.1) is 0 Å². The van der Waals surface area contributed by atoms with Crippen molar-refractivity contribution in [1.29, 1.82) is 0 Å². The first-order valence-electron chi connectivity index (χ1n) is 11.3. The molecule has 1 unspecified atom stereocenters. The lowest BCUT2D eigenvalue weighted by molar-refractivity contribution is -0.115. The third-order valence-electron chi connectivity index (χ3n) is 5.51. The molecule has 0 bridgehead atoms. The number of para-hydroxylation sites is 1. The van der Waals surface area contributed by atoms with E-state index in [0.717, 1.165) is 28.3 Å². The maximum Gasteiger partial charge on any atom is 0.242 e. The molecule has 0 aliphatic heterocycles. The molecule has 7 nitrogen and oxygen atoms in total. The van der Waals surface area contributed by atoms with E-state index in [2.05, 4.69) is 20.5 Å². The Balaban J connectivity index is 1.57. The zero-order valence-corrected chi connectivity index (χ0v) is 20.3. The standard InChI is InChI=1S/C28H23N5O2S/c1-35-24-14-12-23(13-15-24)33-26(21-16-18-29-19-17-21)31-32-28(33)36-25(20-8-4-2-5-9-20)27(34)30-22-10-6-3-7-11-22/h2-19,25H,1H3,(H,30,34). The summed E-state index contributed by atoms with van der Waals surface area (Å²) >= 11 is 1.35. The summed E-state index contributed by atoms with van der Waals surface area (Å²) in [5.74, 6) is 1.25. The van der Waals surface area contributed by atoms with E-state index in [1.807, 2.05) is 102 Å². The minimum atomic E-state index is -0.558. The molecule has 2 heterocycles. The first-order valence-corrected chi connectivity index (χ1v) is 12.2. The van der Waals surface area contributed by atoms with Crippen LogP contribution >= 0.6 is 11.8 Å². The van der Waals surface area contributed by atoms with Gasteiger partial charge in [-0.15, -0.1) is 10.2 Å². The van der Waals surface area contributed by atoms with Gasteiger partial charge in [-0.2, -0.15) is 0 Å². The highest BCUT2D eigenvalue weighted by Gasteiger charge is 2.27. The van der Waals surface area contributed by atoms with Gasteiger partial charge in [-0.1, -0.05) is 60.3 Å². The van der Waals surface area contributed by atoms with Gasteiger partial charge in [0.15, 0.2) is 11.0 Å². The van der Waals surface area contributed by atoms with Gasteiger partial charge in [-0.3, -0.25) is 14.3 Å². The Morgan fingerprint density at radius 2 is 1.53 bits per heavy atom. The van der Waals surface area contributed by atoms with Gasteiger partial charge in [0.1, 0.15) is 11.0 Å². The Kier molecular flexibility index (Phi) is 7.05. The Bertz CT molecular complexity index is 1430. The topological polar surface area (TPSA) is 81.9 Å². The number of rotatable bonds is 8. The van der Waals surface area contributed by atoms with Gasteiger partial charge in [0.2, 0.25) is 5.91 Å². The van der Waals surface area contributed by atoms with Crippen LogP contribution in [0.1, 0.15) is 10.8 Å². The van der Waals surface area contributed by atoms with Crippen LogP contribution in [-0.4, -0.2) is 32.8 Å².